The molecule has 1 unspecified atom stereocenters. The number of hydrogen-bond acceptors (Lipinski definition) is 5. The molecule has 2 heterocycles. The number of aromatic amines is 1. The lowest BCUT2D eigenvalue weighted by Gasteiger charge is -2.13. The van der Waals surface area contributed by atoms with Gasteiger partial charge in [0.1, 0.15) is 5.82 Å². The van der Waals surface area contributed by atoms with Crippen LogP contribution in [0.25, 0.3) is 0 Å². The summed E-state index contributed by atoms with van der Waals surface area (Å²) in [4.78, 5) is 4.04. The number of aromatic nitrogens is 5. The number of H-pyrrole nitrogens is 1. The van der Waals surface area contributed by atoms with Gasteiger partial charge in [-0.05, 0) is 26.8 Å². The molecule has 0 spiro atoms. The van der Waals surface area contributed by atoms with E-state index in [9.17, 15) is 0 Å². The van der Waals surface area contributed by atoms with Gasteiger partial charge in [0.2, 0.25) is 5.95 Å². The predicted molar refractivity (Wildman–Crippen MR) is 68.8 cm³/mol. The second-order valence-electron chi connectivity index (χ2n) is 4.53. The van der Waals surface area contributed by atoms with E-state index in [2.05, 4.69) is 45.5 Å². The van der Waals surface area contributed by atoms with Crippen molar-refractivity contribution in [1.82, 2.24) is 30.3 Å². The molecule has 7 heteroatoms. The summed E-state index contributed by atoms with van der Waals surface area (Å²) in [5.74, 6) is 1.02. The van der Waals surface area contributed by atoms with Crippen LogP contribution in [0.1, 0.15) is 24.1 Å². The lowest BCUT2D eigenvalue weighted by Crippen LogP contribution is -2.31. The Bertz CT molecular complexity index is 513. The number of nitrogen functional groups attached to an aromatic ring is 1. The SMILES string of the molecule is Cc1cc(C)n(CC(C)NCc2nc(N)n[nH]2)n1. The molecule has 0 aliphatic carbocycles. The molecule has 98 valence electrons. The van der Waals surface area contributed by atoms with E-state index in [-0.39, 0.29) is 12.0 Å². The minimum atomic E-state index is 0.276. The Morgan fingerprint density at radius 1 is 1.50 bits per heavy atom. The quantitative estimate of drug-likeness (QED) is 0.711. The lowest BCUT2D eigenvalue weighted by molar-refractivity contribution is 0.439. The molecule has 0 aliphatic rings. The Hall–Kier alpha value is -1.89. The summed E-state index contributed by atoms with van der Waals surface area (Å²) >= 11 is 0. The van der Waals surface area contributed by atoms with Gasteiger partial charge in [-0.3, -0.25) is 9.78 Å². The number of rotatable bonds is 5. The van der Waals surface area contributed by atoms with Gasteiger partial charge in [0, 0.05) is 11.7 Å². The summed E-state index contributed by atoms with van der Waals surface area (Å²) < 4.78 is 2.00. The first kappa shape index (κ1) is 12.6. The van der Waals surface area contributed by atoms with Crippen molar-refractivity contribution in [3.8, 4) is 0 Å². The van der Waals surface area contributed by atoms with Crippen molar-refractivity contribution in [2.24, 2.45) is 0 Å². The van der Waals surface area contributed by atoms with Gasteiger partial charge in [0.25, 0.3) is 0 Å². The second-order valence-corrected chi connectivity index (χ2v) is 4.53. The van der Waals surface area contributed by atoms with Crippen LogP contribution in [0.5, 0.6) is 0 Å². The number of aryl methyl sites for hydroxylation is 2. The van der Waals surface area contributed by atoms with Crippen molar-refractivity contribution >= 4 is 5.95 Å². The summed E-state index contributed by atoms with van der Waals surface area (Å²) in [6.45, 7) is 7.60. The third kappa shape index (κ3) is 3.07. The van der Waals surface area contributed by atoms with E-state index in [0.717, 1.165) is 18.1 Å². The fourth-order valence-electron chi connectivity index (χ4n) is 1.84. The van der Waals surface area contributed by atoms with Crippen LogP contribution in [0.15, 0.2) is 6.07 Å². The molecular weight excluding hydrogens is 230 g/mol. The fourth-order valence-corrected chi connectivity index (χ4v) is 1.84. The van der Waals surface area contributed by atoms with E-state index in [1.807, 2.05) is 11.6 Å². The molecule has 0 saturated heterocycles. The van der Waals surface area contributed by atoms with Gasteiger partial charge in [-0.1, -0.05) is 0 Å². The van der Waals surface area contributed by atoms with Gasteiger partial charge in [0.05, 0.1) is 18.8 Å². The van der Waals surface area contributed by atoms with E-state index < -0.39 is 0 Å². The van der Waals surface area contributed by atoms with Gasteiger partial charge in [-0.25, -0.2) is 0 Å². The van der Waals surface area contributed by atoms with Crippen molar-refractivity contribution in [2.75, 3.05) is 5.73 Å². The van der Waals surface area contributed by atoms with E-state index in [0.29, 0.717) is 6.54 Å². The molecule has 4 N–H and O–H groups in total. The molecule has 0 bridgehead atoms. The van der Waals surface area contributed by atoms with Gasteiger partial charge < -0.3 is 11.1 Å². The summed E-state index contributed by atoms with van der Waals surface area (Å²) in [5, 5.41) is 14.3. The molecule has 1 atom stereocenters. The first-order valence-electron chi connectivity index (χ1n) is 5.96. The Labute approximate surface area is 106 Å². The van der Waals surface area contributed by atoms with Crippen LogP contribution in [0, 0.1) is 13.8 Å². The summed E-state index contributed by atoms with van der Waals surface area (Å²) in [5.41, 5.74) is 7.65. The predicted octanol–water partition coefficient (Wildman–Crippen LogP) is 0.379. The van der Waals surface area contributed by atoms with Crippen molar-refractivity contribution < 1.29 is 0 Å². The lowest BCUT2D eigenvalue weighted by atomic mass is 10.3. The van der Waals surface area contributed by atoms with Crippen LogP contribution < -0.4 is 11.1 Å². The van der Waals surface area contributed by atoms with Crippen LogP contribution in [0.4, 0.5) is 5.95 Å². The zero-order valence-electron chi connectivity index (χ0n) is 10.9. The molecule has 0 aromatic carbocycles. The monoisotopic (exact) mass is 249 g/mol. The Morgan fingerprint density at radius 3 is 2.83 bits per heavy atom. The highest BCUT2D eigenvalue weighted by Crippen LogP contribution is 2.03. The highest BCUT2D eigenvalue weighted by Gasteiger charge is 2.07. The minimum absolute atomic E-state index is 0.276. The summed E-state index contributed by atoms with van der Waals surface area (Å²) in [6.07, 6.45) is 0. The highest BCUT2D eigenvalue weighted by atomic mass is 15.3. The molecule has 0 aliphatic heterocycles. The Morgan fingerprint density at radius 2 is 2.28 bits per heavy atom. The smallest absolute Gasteiger partial charge is 0.239 e. The molecule has 7 nitrogen and oxygen atoms in total. The largest absolute Gasteiger partial charge is 0.367 e. The highest BCUT2D eigenvalue weighted by molar-refractivity contribution is 5.12. The second kappa shape index (κ2) is 5.18. The zero-order valence-corrected chi connectivity index (χ0v) is 10.9. The summed E-state index contributed by atoms with van der Waals surface area (Å²) in [6, 6.07) is 2.36. The van der Waals surface area contributed by atoms with E-state index in [1.54, 1.807) is 0 Å². The molecular formula is C11H19N7. The zero-order chi connectivity index (χ0) is 13.1. The van der Waals surface area contributed by atoms with Crippen LogP contribution in [-0.4, -0.2) is 31.0 Å². The molecule has 0 saturated carbocycles. The number of anilines is 1. The van der Waals surface area contributed by atoms with Crippen LogP contribution in [0.3, 0.4) is 0 Å². The molecule has 0 radical (unpaired) electrons. The van der Waals surface area contributed by atoms with E-state index in [4.69, 9.17) is 5.73 Å². The Kier molecular flexibility index (Phi) is 3.61. The third-order valence-electron chi connectivity index (χ3n) is 2.72. The Balaban J connectivity index is 1.85. The molecule has 2 rings (SSSR count). The molecule has 2 aromatic rings. The van der Waals surface area contributed by atoms with Gasteiger partial charge in [-0.15, -0.1) is 5.10 Å². The third-order valence-corrected chi connectivity index (χ3v) is 2.72. The van der Waals surface area contributed by atoms with Crippen LogP contribution in [-0.2, 0) is 13.1 Å². The van der Waals surface area contributed by atoms with E-state index >= 15 is 0 Å². The maximum Gasteiger partial charge on any atom is 0.239 e. The van der Waals surface area contributed by atoms with Crippen LogP contribution in [0.2, 0.25) is 0 Å². The minimum Gasteiger partial charge on any atom is -0.367 e. The first-order chi connectivity index (χ1) is 8.54. The normalized spacial score (nSPS) is 12.8. The number of nitrogens with zero attached hydrogens (tertiary/aromatic N) is 4. The average molecular weight is 249 g/mol. The standard InChI is InChI=1S/C11H19N7/c1-7-4-9(3)18(17-7)6-8(2)13-5-10-14-11(12)16-15-10/h4,8,13H,5-6H2,1-3H3,(H3,12,14,15,16). The van der Waals surface area contributed by atoms with Gasteiger partial charge in [0.15, 0.2) is 0 Å². The molecule has 18 heavy (non-hydrogen) atoms. The van der Waals surface area contributed by atoms with Crippen molar-refractivity contribution in [3.05, 3.63) is 23.3 Å². The first-order valence-corrected chi connectivity index (χ1v) is 5.96. The average Bonchev–Trinajstić information content (AvgIpc) is 2.83. The maximum atomic E-state index is 5.44. The summed E-state index contributed by atoms with van der Waals surface area (Å²) in [7, 11) is 0. The fraction of sp³-hybridized carbons (Fsp3) is 0.545. The number of nitrogens with two attached hydrogens (primary N) is 1. The van der Waals surface area contributed by atoms with Gasteiger partial charge in [-0.2, -0.15) is 10.1 Å². The van der Waals surface area contributed by atoms with Crippen molar-refractivity contribution in [1.29, 1.82) is 0 Å². The molecule has 2 aromatic heterocycles. The van der Waals surface area contributed by atoms with Crippen molar-refractivity contribution in [2.45, 2.75) is 39.9 Å². The van der Waals surface area contributed by atoms with Gasteiger partial charge >= 0.3 is 0 Å². The molecule has 0 amide bonds. The number of nitrogens with one attached hydrogen (secondary N) is 2. The number of hydrogen-bond donors (Lipinski definition) is 3. The topological polar surface area (TPSA) is 97.4 Å². The van der Waals surface area contributed by atoms with Crippen LogP contribution >= 0.6 is 0 Å². The van der Waals surface area contributed by atoms with Crippen molar-refractivity contribution in [3.63, 3.8) is 0 Å². The maximum absolute atomic E-state index is 5.44. The molecule has 0 fully saturated rings. The van der Waals surface area contributed by atoms with E-state index in [1.165, 1.54) is 5.69 Å².